The SMILES string of the molecule is CCOC(=O)c1cc2cc(I)cc(F)c2nc1Cl. The summed E-state index contributed by atoms with van der Waals surface area (Å²) in [4.78, 5) is 15.5. The Labute approximate surface area is 121 Å². The van der Waals surface area contributed by atoms with Crippen LogP contribution in [0.15, 0.2) is 18.2 Å². The summed E-state index contributed by atoms with van der Waals surface area (Å²) in [6.45, 7) is 1.94. The first-order valence-corrected chi connectivity index (χ1v) is 6.61. The van der Waals surface area contributed by atoms with Gasteiger partial charge in [-0.2, -0.15) is 0 Å². The van der Waals surface area contributed by atoms with E-state index in [4.69, 9.17) is 16.3 Å². The first-order valence-electron chi connectivity index (χ1n) is 5.15. The van der Waals surface area contributed by atoms with Crippen molar-refractivity contribution in [1.82, 2.24) is 4.98 Å². The van der Waals surface area contributed by atoms with E-state index in [0.29, 0.717) is 5.39 Å². The van der Waals surface area contributed by atoms with Gasteiger partial charge in [-0.05, 0) is 47.7 Å². The van der Waals surface area contributed by atoms with Gasteiger partial charge in [-0.3, -0.25) is 0 Å². The molecule has 0 saturated heterocycles. The Morgan fingerprint density at radius 2 is 2.22 bits per heavy atom. The summed E-state index contributed by atoms with van der Waals surface area (Å²) in [5, 5.41) is 0.466. The lowest BCUT2D eigenvalue weighted by Crippen LogP contribution is -2.06. The fourth-order valence-electron chi connectivity index (χ4n) is 1.54. The van der Waals surface area contributed by atoms with Crippen LogP contribution in [0.3, 0.4) is 0 Å². The number of hydrogen-bond acceptors (Lipinski definition) is 3. The van der Waals surface area contributed by atoms with E-state index in [0.717, 1.165) is 3.57 Å². The number of fused-ring (bicyclic) bond motifs is 1. The quantitative estimate of drug-likeness (QED) is 0.452. The number of pyridine rings is 1. The highest BCUT2D eigenvalue weighted by atomic mass is 127. The van der Waals surface area contributed by atoms with Crippen LogP contribution < -0.4 is 0 Å². The molecule has 3 nitrogen and oxygen atoms in total. The van der Waals surface area contributed by atoms with Crippen molar-refractivity contribution in [2.45, 2.75) is 6.92 Å². The third-order valence-electron chi connectivity index (χ3n) is 2.29. The van der Waals surface area contributed by atoms with Gasteiger partial charge in [-0.25, -0.2) is 14.2 Å². The van der Waals surface area contributed by atoms with E-state index in [2.05, 4.69) is 4.98 Å². The smallest absolute Gasteiger partial charge is 0.341 e. The topological polar surface area (TPSA) is 39.2 Å². The Hall–Kier alpha value is -0.950. The Balaban J connectivity index is 2.64. The number of nitrogens with zero attached hydrogens (tertiary/aromatic N) is 1. The molecule has 6 heteroatoms. The summed E-state index contributed by atoms with van der Waals surface area (Å²) in [5.74, 6) is -1.02. The highest BCUT2D eigenvalue weighted by Crippen LogP contribution is 2.25. The predicted octanol–water partition coefficient (Wildman–Crippen LogP) is 3.81. The van der Waals surface area contributed by atoms with Gasteiger partial charge in [-0.15, -0.1) is 0 Å². The highest BCUT2D eigenvalue weighted by molar-refractivity contribution is 14.1. The van der Waals surface area contributed by atoms with Gasteiger partial charge in [-0.1, -0.05) is 11.6 Å². The van der Waals surface area contributed by atoms with Crippen LogP contribution in [0.1, 0.15) is 17.3 Å². The zero-order chi connectivity index (χ0) is 13.3. The average molecular weight is 380 g/mol. The van der Waals surface area contributed by atoms with E-state index >= 15 is 0 Å². The summed E-state index contributed by atoms with van der Waals surface area (Å²) < 4.78 is 19.2. The van der Waals surface area contributed by atoms with Crippen molar-refractivity contribution < 1.29 is 13.9 Å². The zero-order valence-electron chi connectivity index (χ0n) is 9.34. The molecule has 0 N–H and O–H groups in total. The third-order valence-corrected chi connectivity index (χ3v) is 3.20. The predicted molar refractivity (Wildman–Crippen MR) is 75.4 cm³/mol. The number of halogens is 3. The van der Waals surface area contributed by atoms with E-state index in [-0.39, 0.29) is 22.8 Å². The molecule has 94 valence electrons. The van der Waals surface area contributed by atoms with E-state index in [9.17, 15) is 9.18 Å². The van der Waals surface area contributed by atoms with E-state index in [1.165, 1.54) is 12.1 Å². The van der Waals surface area contributed by atoms with Gasteiger partial charge >= 0.3 is 5.97 Å². The molecule has 1 heterocycles. The normalized spacial score (nSPS) is 10.7. The van der Waals surface area contributed by atoms with E-state index in [1.807, 2.05) is 22.6 Å². The summed E-state index contributed by atoms with van der Waals surface area (Å²) in [6.07, 6.45) is 0. The number of ether oxygens (including phenoxy) is 1. The average Bonchev–Trinajstić information content (AvgIpc) is 2.29. The lowest BCUT2D eigenvalue weighted by molar-refractivity contribution is 0.0526. The second-order valence-corrected chi connectivity index (χ2v) is 5.11. The van der Waals surface area contributed by atoms with Gasteiger partial charge in [0.25, 0.3) is 0 Å². The van der Waals surface area contributed by atoms with Crippen LogP contribution in [0, 0.1) is 9.39 Å². The molecule has 2 rings (SSSR count). The number of rotatable bonds is 2. The van der Waals surface area contributed by atoms with Gasteiger partial charge < -0.3 is 4.74 Å². The van der Waals surface area contributed by atoms with Crippen molar-refractivity contribution in [3.05, 3.63) is 38.3 Å². The Morgan fingerprint density at radius 1 is 1.50 bits per heavy atom. The summed E-state index contributed by atoms with van der Waals surface area (Å²) in [7, 11) is 0. The van der Waals surface area contributed by atoms with Crippen LogP contribution in [-0.2, 0) is 4.74 Å². The molecule has 0 spiro atoms. The molecule has 0 bridgehead atoms. The van der Waals surface area contributed by atoms with Crippen molar-refractivity contribution in [3.63, 3.8) is 0 Å². The molecule has 0 aliphatic rings. The first kappa shape index (κ1) is 13.5. The van der Waals surface area contributed by atoms with Crippen LogP contribution >= 0.6 is 34.2 Å². The molecule has 1 aromatic heterocycles. The van der Waals surface area contributed by atoms with Crippen molar-refractivity contribution in [1.29, 1.82) is 0 Å². The minimum Gasteiger partial charge on any atom is -0.462 e. The Kier molecular flexibility index (Phi) is 4.01. The Bertz CT molecular complexity index is 633. The minimum atomic E-state index is -0.559. The summed E-state index contributed by atoms with van der Waals surface area (Å²) >= 11 is 7.86. The summed E-state index contributed by atoms with van der Waals surface area (Å²) in [6, 6.07) is 4.58. The number of carbonyl (C=O) groups excluding carboxylic acids is 1. The number of hydrogen-bond donors (Lipinski definition) is 0. The summed E-state index contributed by atoms with van der Waals surface area (Å²) in [5.41, 5.74) is 0.292. The number of aromatic nitrogens is 1. The number of carbonyl (C=O) groups is 1. The first-order chi connectivity index (χ1) is 8.52. The van der Waals surface area contributed by atoms with Crippen molar-refractivity contribution >= 4 is 51.1 Å². The van der Waals surface area contributed by atoms with Gasteiger partial charge in [0.05, 0.1) is 12.2 Å². The molecule has 0 fully saturated rings. The van der Waals surface area contributed by atoms with Gasteiger partial charge in [0.15, 0.2) is 5.82 Å². The molecule has 0 atom stereocenters. The maximum absolute atomic E-state index is 13.7. The molecule has 0 unspecified atom stereocenters. The van der Waals surface area contributed by atoms with Crippen molar-refractivity contribution in [3.8, 4) is 0 Å². The molecule has 18 heavy (non-hydrogen) atoms. The second-order valence-electron chi connectivity index (χ2n) is 3.51. The molecule has 0 radical (unpaired) electrons. The maximum atomic E-state index is 13.7. The van der Waals surface area contributed by atoms with Crippen LogP contribution in [0.4, 0.5) is 4.39 Å². The van der Waals surface area contributed by atoms with Gasteiger partial charge in [0.2, 0.25) is 0 Å². The monoisotopic (exact) mass is 379 g/mol. The van der Waals surface area contributed by atoms with E-state index in [1.54, 1.807) is 13.0 Å². The highest BCUT2D eigenvalue weighted by Gasteiger charge is 2.16. The van der Waals surface area contributed by atoms with Crippen LogP contribution in [0.2, 0.25) is 5.15 Å². The number of esters is 1. The van der Waals surface area contributed by atoms with Crippen LogP contribution in [0.25, 0.3) is 10.9 Å². The van der Waals surface area contributed by atoms with E-state index < -0.39 is 11.8 Å². The molecule has 2 aromatic rings. The fraction of sp³-hybridized carbons (Fsp3) is 0.167. The number of benzene rings is 1. The Morgan fingerprint density at radius 3 is 2.89 bits per heavy atom. The zero-order valence-corrected chi connectivity index (χ0v) is 12.3. The van der Waals surface area contributed by atoms with Crippen molar-refractivity contribution in [2.75, 3.05) is 6.61 Å². The standard InChI is InChI=1S/C12H8ClFINO2/c1-2-18-12(17)8-4-6-3-7(15)5-9(14)10(6)16-11(8)13/h3-5H,2H2,1H3. The molecule has 0 saturated carbocycles. The molecule has 0 aliphatic heterocycles. The fourth-order valence-corrected chi connectivity index (χ4v) is 2.36. The lowest BCUT2D eigenvalue weighted by Gasteiger charge is -2.06. The van der Waals surface area contributed by atoms with Crippen LogP contribution in [-0.4, -0.2) is 17.6 Å². The molecule has 1 aromatic carbocycles. The van der Waals surface area contributed by atoms with Crippen molar-refractivity contribution in [2.24, 2.45) is 0 Å². The largest absolute Gasteiger partial charge is 0.462 e. The van der Waals surface area contributed by atoms with Gasteiger partial charge in [0, 0.05) is 8.96 Å². The molecular weight excluding hydrogens is 371 g/mol. The lowest BCUT2D eigenvalue weighted by atomic mass is 10.1. The third kappa shape index (κ3) is 2.56. The second kappa shape index (κ2) is 5.36. The maximum Gasteiger partial charge on any atom is 0.341 e. The van der Waals surface area contributed by atoms with Crippen LogP contribution in [0.5, 0.6) is 0 Å². The van der Waals surface area contributed by atoms with Gasteiger partial charge in [0.1, 0.15) is 10.7 Å². The molecular formula is C12H8ClFINO2. The minimum absolute atomic E-state index is 0.0546. The molecule has 0 aliphatic carbocycles. The molecule has 0 amide bonds.